The van der Waals surface area contributed by atoms with Crippen LogP contribution in [-0.4, -0.2) is 4.98 Å². The molecule has 0 saturated carbocycles. The molecule has 1 heterocycles. The smallest absolute Gasteiger partial charge is 0.0705 e. The lowest BCUT2D eigenvalue weighted by Gasteiger charge is -2.17. The van der Waals surface area contributed by atoms with E-state index in [0.717, 1.165) is 22.9 Å². The number of nitrogens with two attached hydrogens (primary N) is 1. The fourth-order valence-electron chi connectivity index (χ4n) is 2.65. The number of pyridine rings is 1. The summed E-state index contributed by atoms with van der Waals surface area (Å²) in [7, 11) is 0. The molecule has 0 aliphatic rings. The molecular weight excluding hydrogens is 258 g/mol. The third kappa shape index (κ3) is 3.10. The molecule has 1 unspecified atom stereocenters. The lowest BCUT2D eigenvalue weighted by molar-refractivity contribution is 0.552. The summed E-state index contributed by atoms with van der Waals surface area (Å²) in [5.74, 6) is 5.76. The molecule has 1 atom stereocenters. The van der Waals surface area contributed by atoms with E-state index in [2.05, 4.69) is 65.9 Å². The maximum absolute atomic E-state index is 5.76. The number of hydrazine groups is 1. The summed E-state index contributed by atoms with van der Waals surface area (Å²) in [5, 5.41) is 1.15. The Bertz CT molecular complexity index is 752. The maximum Gasteiger partial charge on any atom is 0.0705 e. The highest BCUT2D eigenvalue weighted by Gasteiger charge is 2.11. The number of benzene rings is 2. The molecule has 0 bridgehead atoms. The summed E-state index contributed by atoms with van der Waals surface area (Å²) in [6.45, 7) is 2.11. The fourth-order valence-corrected chi connectivity index (χ4v) is 2.65. The molecule has 21 heavy (non-hydrogen) atoms. The lowest BCUT2D eigenvalue weighted by atomic mass is 9.97. The van der Waals surface area contributed by atoms with Crippen molar-refractivity contribution in [3.8, 4) is 0 Å². The van der Waals surface area contributed by atoms with Gasteiger partial charge in [0.1, 0.15) is 0 Å². The molecule has 0 saturated heterocycles. The molecule has 0 amide bonds. The Morgan fingerprint density at radius 3 is 2.81 bits per heavy atom. The van der Waals surface area contributed by atoms with Crippen molar-refractivity contribution in [3.63, 3.8) is 0 Å². The first kappa shape index (κ1) is 13.7. The predicted octanol–water partition coefficient (Wildman–Crippen LogP) is 3.29. The van der Waals surface area contributed by atoms with Gasteiger partial charge in [0, 0.05) is 11.6 Å². The van der Waals surface area contributed by atoms with Gasteiger partial charge in [-0.15, -0.1) is 0 Å². The molecule has 3 N–H and O–H groups in total. The van der Waals surface area contributed by atoms with Crippen LogP contribution in [0.1, 0.15) is 22.7 Å². The summed E-state index contributed by atoms with van der Waals surface area (Å²) >= 11 is 0. The first-order valence-corrected chi connectivity index (χ1v) is 7.12. The number of rotatable bonds is 4. The van der Waals surface area contributed by atoms with Gasteiger partial charge in [0.25, 0.3) is 0 Å². The molecule has 0 radical (unpaired) electrons. The molecule has 106 valence electrons. The van der Waals surface area contributed by atoms with Crippen LogP contribution in [0.5, 0.6) is 0 Å². The second-order valence-corrected chi connectivity index (χ2v) is 5.37. The van der Waals surface area contributed by atoms with Crippen molar-refractivity contribution in [2.75, 3.05) is 0 Å². The summed E-state index contributed by atoms with van der Waals surface area (Å²) in [5.41, 5.74) is 7.62. The summed E-state index contributed by atoms with van der Waals surface area (Å²) < 4.78 is 0. The first-order valence-electron chi connectivity index (χ1n) is 7.12. The van der Waals surface area contributed by atoms with Gasteiger partial charge < -0.3 is 0 Å². The van der Waals surface area contributed by atoms with Crippen LogP contribution in [0.15, 0.2) is 60.8 Å². The second-order valence-electron chi connectivity index (χ2n) is 5.37. The summed E-state index contributed by atoms with van der Waals surface area (Å²) in [6.07, 6.45) is 2.67. The summed E-state index contributed by atoms with van der Waals surface area (Å²) in [4.78, 5) is 4.41. The van der Waals surface area contributed by atoms with Crippen molar-refractivity contribution in [1.82, 2.24) is 10.4 Å². The predicted molar refractivity (Wildman–Crippen MR) is 86.7 cm³/mol. The molecule has 2 aromatic carbocycles. The zero-order valence-electron chi connectivity index (χ0n) is 12.1. The Kier molecular flexibility index (Phi) is 3.95. The van der Waals surface area contributed by atoms with Crippen molar-refractivity contribution in [3.05, 3.63) is 77.5 Å². The van der Waals surface area contributed by atoms with Crippen molar-refractivity contribution in [2.24, 2.45) is 5.84 Å². The number of hydrogen-bond donors (Lipinski definition) is 2. The quantitative estimate of drug-likeness (QED) is 0.568. The molecule has 0 aliphatic carbocycles. The molecule has 3 heteroatoms. The minimum absolute atomic E-state index is 0.0817. The van der Waals surface area contributed by atoms with Gasteiger partial charge in [-0.3, -0.25) is 16.3 Å². The highest BCUT2D eigenvalue weighted by atomic mass is 15.2. The minimum Gasteiger partial charge on any atom is -0.271 e. The highest BCUT2D eigenvalue weighted by Crippen LogP contribution is 2.22. The van der Waals surface area contributed by atoms with E-state index in [1.54, 1.807) is 0 Å². The normalized spacial score (nSPS) is 12.5. The monoisotopic (exact) mass is 277 g/mol. The van der Waals surface area contributed by atoms with Crippen molar-refractivity contribution in [1.29, 1.82) is 0 Å². The average Bonchev–Trinajstić information content (AvgIpc) is 2.52. The van der Waals surface area contributed by atoms with Crippen LogP contribution in [0.25, 0.3) is 10.9 Å². The Hall–Kier alpha value is -2.23. The zero-order chi connectivity index (χ0) is 14.7. The number of aryl methyl sites for hydroxylation is 1. The van der Waals surface area contributed by atoms with E-state index < -0.39 is 0 Å². The minimum atomic E-state index is 0.0817. The van der Waals surface area contributed by atoms with Gasteiger partial charge in [0.05, 0.1) is 11.6 Å². The third-order valence-electron chi connectivity index (χ3n) is 3.76. The molecule has 1 aromatic heterocycles. The van der Waals surface area contributed by atoms with E-state index in [1.807, 2.05) is 12.3 Å². The molecule has 3 rings (SSSR count). The topological polar surface area (TPSA) is 50.9 Å². The number of aromatic nitrogens is 1. The lowest BCUT2D eigenvalue weighted by Crippen LogP contribution is -2.29. The van der Waals surface area contributed by atoms with Gasteiger partial charge in [-0.1, -0.05) is 48.0 Å². The van der Waals surface area contributed by atoms with E-state index in [-0.39, 0.29) is 6.04 Å². The standard InChI is InChI=1S/C18H19N3/c1-13-4-2-5-14(10-13)11-18(21-19)16-8-7-15-6-3-9-20-17(15)12-16/h2-10,12,18,21H,11,19H2,1H3. The van der Waals surface area contributed by atoms with Gasteiger partial charge in [-0.05, 0) is 36.6 Å². The van der Waals surface area contributed by atoms with Gasteiger partial charge in [0.2, 0.25) is 0 Å². The van der Waals surface area contributed by atoms with Crippen molar-refractivity contribution >= 4 is 10.9 Å². The van der Waals surface area contributed by atoms with Crippen LogP contribution in [0.2, 0.25) is 0 Å². The highest BCUT2D eigenvalue weighted by molar-refractivity contribution is 5.79. The molecule has 0 fully saturated rings. The Morgan fingerprint density at radius 1 is 1.10 bits per heavy atom. The molecule has 3 aromatic rings. The van der Waals surface area contributed by atoms with Gasteiger partial charge >= 0.3 is 0 Å². The Labute approximate surface area is 124 Å². The van der Waals surface area contributed by atoms with Crippen LogP contribution in [0, 0.1) is 6.92 Å². The van der Waals surface area contributed by atoms with Crippen LogP contribution >= 0.6 is 0 Å². The van der Waals surface area contributed by atoms with Crippen molar-refractivity contribution < 1.29 is 0 Å². The van der Waals surface area contributed by atoms with Crippen LogP contribution in [0.3, 0.4) is 0 Å². The van der Waals surface area contributed by atoms with E-state index in [1.165, 1.54) is 11.1 Å². The van der Waals surface area contributed by atoms with Gasteiger partial charge in [-0.25, -0.2) is 0 Å². The number of fused-ring (bicyclic) bond motifs is 1. The molecule has 3 nitrogen and oxygen atoms in total. The van der Waals surface area contributed by atoms with Crippen LogP contribution in [-0.2, 0) is 6.42 Å². The zero-order valence-corrected chi connectivity index (χ0v) is 12.1. The van der Waals surface area contributed by atoms with Crippen LogP contribution in [0.4, 0.5) is 0 Å². The number of nitrogens with zero attached hydrogens (tertiary/aromatic N) is 1. The second kappa shape index (κ2) is 6.04. The SMILES string of the molecule is Cc1cccc(CC(NN)c2ccc3cccnc3c2)c1. The number of hydrogen-bond acceptors (Lipinski definition) is 3. The maximum atomic E-state index is 5.76. The van der Waals surface area contributed by atoms with E-state index in [0.29, 0.717) is 0 Å². The largest absolute Gasteiger partial charge is 0.271 e. The number of nitrogens with one attached hydrogen (secondary N) is 1. The fraction of sp³-hybridized carbons (Fsp3) is 0.167. The molecule has 0 aliphatic heterocycles. The van der Waals surface area contributed by atoms with Gasteiger partial charge in [0.15, 0.2) is 0 Å². The molecular formula is C18H19N3. The van der Waals surface area contributed by atoms with Gasteiger partial charge in [-0.2, -0.15) is 0 Å². The van der Waals surface area contributed by atoms with E-state index >= 15 is 0 Å². The summed E-state index contributed by atoms with van der Waals surface area (Å²) in [6, 6.07) is 18.9. The van der Waals surface area contributed by atoms with E-state index in [9.17, 15) is 0 Å². The van der Waals surface area contributed by atoms with E-state index in [4.69, 9.17) is 5.84 Å². The third-order valence-corrected chi connectivity index (χ3v) is 3.76. The van der Waals surface area contributed by atoms with Crippen molar-refractivity contribution in [2.45, 2.75) is 19.4 Å². The Morgan fingerprint density at radius 2 is 2.00 bits per heavy atom. The average molecular weight is 277 g/mol. The molecule has 0 spiro atoms. The van der Waals surface area contributed by atoms with Crippen LogP contribution < -0.4 is 11.3 Å². The Balaban J connectivity index is 1.90. The first-order chi connectivity index (χ1) is 10.3.